The Balaban J connectivity index is 2.21. The van der Waals surface area contributed by atoms with Gasteiger partial charge in [-0.3, -0.25) is 0 Å². The fraction of sp³-hybridized carbons (Fsp3) is 0.733. The predicted octanol–water partition coefficient (Wildman–Crippen LogP) is 4.71. The lowest BCUT2D eigenvalue weighted by Gasteiger charge is -2.46. The number of carboxylic acid groups (broad SMARTS) is 1. The molecule has 0 unspecified atom stereocenters. The molecule has 0 bridgehead atoms. The number of benzene rings is 1. The fourth-order valence-electron chi connectivity index (χ4n) is 4.47. The second-order valence-electron chi connectivity index (χ2n) is 10.5. The Labute approximate surface area is 247 Å². The number of aliphatic hydroxyl groups is 1. The highest BCUT2D eigenvalue weighted by Crippen LogP contribution is 2.37. The zero-order chi connectivity index (χ0) is 31.0. The van der Waals surface area contributed by atoms with Crippen LogP contribution in [0.25, 0.3) is 0 Å². The summed E-state index contributed by atoms with van der Waals surface area (Å²) in [5.41, 5.74) is 0.639. The van der Waals surface area contributed by atoms with Gasteiger partial charge in [-0.05, 0) is 24.8 Å². The molecule has 1 aliphatic heterocycles. The molecule has 6 atom stereocenters. The smallest absolute Gasteiger partial charge is 0.408 e. The van der Waals surface area contributed by atoms with E-state index in [0.29, 0.717) is 31.6 Å². The van der Waals surface area contributed by atoms with Crippen molar-refractivity contribution in [2.24, 2.45) is 0 Å². The number of halogens is 2. The molecule has 12 heteroatoms. The van der Waals surface area contributed by atoms with Crippen molar-refractivity contribution in [3.8, 4) is 0 Å². The van der Waals surface area contributed by atoms with Gasteiger partial charge >= 0.3 is 12.1 Å². The van der Waals surface area contributed by atoms with E-state index in [4.69, 9.17) is 23.7 Å². The van der Waals surface area contributed by atoms with Gasteiger partial charge < -0.3 is 39.2 Å². The Kier molecular flexibility index (Phi) is 16.2. The zero-order valence-electron chi connectivity index (χ0n) is 24.8. The number of hydrogen-bond donors (Lipinski definition) is 3. The third kappa shape index (κ3) is 11.7. The molecule has 1 amide bonds. The zero-order valence-corrected chi connectivity index (χ0v) is 24.8. The summed E-state index contributed by atoms with van der Waals surface area (Å²) in [7, 11) is 0. The summed E-state index contributed by atoms with van der Waals surface area (Å²) >= 11 is 0. The molecule has 1 saturated heterocycles. The number of aliphatic hydroxyl groups excluding tert-OH is 1. The predicted molar refractivity (Wildman–Crippen MR) is 150 cm³/mol. The SMILES string of the molecule is CCCCOC[C@H]1O[C@H](C(F)(F)C[C@H](NC(=O)OCc2ccccc2)C(=O)O)[C@H](O)[C@@H](OCCCC)[C@H]1OCCCC. The van der Waals surface area contributed by atoms with Crippen LogP contribution in [0.3, 0.4) is 0 Å². The first-order valence-corrected chi connectivity index (χ1v) is 14.9. The molecule has 42 heavy (non-hydrogen) atoms. The van der Waals surface area contributed by atoms with Crippen molar-refractivity contribution in [2.45, 2.75) is 115 Å². The maximum absolute atomic E-state index is 15.8. The minimum Gasteiger partial charge on any atom is -0.480 e. The number of alkyl halides is 2. The Bertz CT molecular complexity index is 908. The molecule has 1 aromatic carbocycles. The molecule has 0 spiro atoms. The van der Waals surface area contributed by atoms with Crippen molar-refractivity contribution in [2.75, 3.05) is 26.4 Å². The number of hydrogen-bond acceptors (Lipinski definition) is 8. The Morgan fingerprint density at radius 1 is 0.976 bits per heavy atom. The summed E-state index contributed by atoms with van der Waals surface area (Å²) in [4.78, 5) is 24.2. The number of unbranched alkanes of at least 4 members (excludes halogenated alkanes) is 3. The van der Waals surface area contributed by atoms with Crippen molar-refractivity contribution in [3.63, 3.8) is 0 Å². The number of alkyl carbamates (subject to hydrolysis) is 1. The number of amides is 1. The molecule has 240 valence electrons. The number of carbonyl (C=O) groups is 2. The van der Waals surface area contributed by atoms with Crippen molar-refractivity contribution in [1.29, 1.82) is 0 Å². The maximum Gasteiger partial charge on any atom is 0.408 e. The van der Waals surface area contributed by atoms with Gasteiger partial charge in [-0.1, -0.05) is 70.4 Å². The van der Waals surface area contributed by atoms with Crippen LogP contribution in [0.5, 0.6) is 0 Å². The van der Waals surface area contributed by atoms with Crippen LogP contribution in [0.4, 0.5) is 13.6 Å². The summed E-state index contributed by atoms with van der Waals surface area (Å²) in [5, 5.41) is 22.8. The number of carboxylic acids is 1. The average molecular weight is 604 g/mol. The Hall–Kier alpha value is -2.38. The highest BCUT2D eigenvalue weighted by molar-refractivity contribution is 5.80. The molecular weight excluding hydrogens is 556 g/mol. The van der Waals surface area contributed by atoms with Crippen LogP contribution in [0.15, 0.2) is 30.3 Å². The quantitative estimate of drug-likeness (QED) is 0.181. The largest absolute Gasteiger partial charge is 0.480 e. The second kappa shape index (κ2) is 19.0. The first-order valence-electron chi connectivity index (χ1n) is 14.9. The summed E-state index contributed by atoms with van der Waals surface area (Å²) in [6, 6.07) is 6.60. The molecule has 1 heterocycles. The second-order valence-corrected chi connectivity index (χ2v) is 10.5. The van der Waals surface area contributed by atoms with E-state index in [0.717, 1.165) is 25.7 Å². The summed E-state index contributed by atoms with van der Waals surface area (Å²) < 4.78 is 60.0. The minimum atomic E-state index is -3.89. The van der Waals surface area contributed by atoms with E-state index in [1.165, 1.54) is 0 Å². The third-order valence-electron chi connectivity index (χ3n) is 6.89. The third-order valence-corrected chi connectivity index (χ3v) is 6.89. The van der Waals surface area contributed by atoms with Crippen molar-refractivity contribution >= 4 is 12.1 Å². The van der Waals surface area contributed by atoms with Gasteiger partial charge in [0.25, 0.3) is 5.92 Å². The highest BCUT2D eigenvalue weighted by Gasteiger charge is 2.57. The Morgan fingerprint density at radius 3 is 2.17 bits per heavy atom. The van der Waals surface area contributed by atoms with Gasteiger partial charge in [-0.25, -0.2) is 18.4 Å². The van der Waals surface area contributed by atoms with Crippen LogP contribution < -0.4 is 5.32 Å². The number of ether oxygens (including phenoxy) is 5. The normalized spacial score (nSPS) is 23.3. The van der Waals surface area contributed by atoms with E-state index in [-0.39, 0.29) is 19.8 Å². The van der Waals surface area contributed by atoms with Gasteiger partial charge in [0.05, 0.1) is 6.61 Å². The van der Waals surface area contributed by atoms with Crippen LogP contribution >= 0.6 is 0 Å². The lowest BCUT2D eigenvalue weighted by atomic mass is 9.89. The summed E-state index contributed by atoms with van der Waals surface area (Å²) in [6.07, 6.45) is -4.92. The van der Waals surface area contributed by atoms with Crippen LogP contribution in [0, 0.1) is 0 Å². The van der Waals surface area contributed by atoms with Gasteiger partial charge in [0, 0.05) is 26.2 Å². The molecule has 10 nitrogen and oxygen atoms in total. The van der Waals surface area contributed by atoms with E-state index in [1.54, 1.807) is 30.3 Å². The molecule has 1 aromatic rings. The van der Waals surface area contributed by atoms with Crippen molar-refractivity contribution in [3.05, 3.63) is 35.9 Å². The van der Waals surface area contributed by atoms with Gasteiger partial charge in [-0.2, -0.15) is 0 Å². The van der Waals surface area contributed by atoms with E-state index < -0.39 is 61.0 Å². The maximum atomic E-state index is 15.8. The van der Waals surface area contributed by atoms with Crippen molar-refractivity contribution < 1.29 is 52.3 Å². The number of aliphatic carboxylic acids is 1. The molecule has 3 N–H and O–H groups in total. The molecular formula is C30H47F2NO9. The topological polar surface area (TPSA) is 133 Å². The van der Waals surface area contributed by atoms with E-state index in [9.17, 15) is 19.8 Å². The molecule has 0 saturated carbocycles. The summed E-state index contributed by atoms with van der Waals surface area (Å²) in [6.45, 7) is 6.59. The van der Waals surface area contributed by atoms with Gasteiger partial charge in [0.2, 0.25) is 0 Å². The molecule has 0 aromatic heterocycles. The molecule has 1 aliphatic rings. The standard InChI is InChI=1S/C30H47F2NO9/c1-4-7-15-38-20-23-25(39-16-8-5-2)26(40-17-9-6-3)24(34)27(42-23)30(31,32)18-22(28(35)36)33-29(37)41-19-21-13-11-10-12-14-21/h10-14,22-27,34H,4-9,15-20H2,1-3H3,(H,33,37)(H,35,36)/t22-,23+,24+,25-,26+,27-/m0/s1. The molecule has 0 aliphatic carbocycles. The minimum absolute atomic E-state index is 0.0733. The van der Waals surface area contributed by atoms with Gasteiger partial charge in [-0.15, -0.1) is 0 Å². The van der Waals surface area contributed by atoms with Crippen molar-refractivity contribution in [1.82, 2.24) is 5.32 Å². The highest BCUT2D eigenvalue weighted by atomic mass is 19.3. The van der Waals surface area contributed by atoms with E-state index in [1.807, 2.05) is 26.1 Å². The van der Waals surface area contributed by atoms with Crippen LogP contribution in [0.2, 0.25) is 0 Å². The van der Waals surface area contributed by atoms with Crippen LogP contribution in [-0.2, 0) is 35.1 Å². The Morgan fingerprint density at radius 2 is 1.57 bits per heavy atom. The van der Waals surface area contributed by atoms with Gasteiger partial charge in [0.1, 0.15) is 43.2 Å². The molecule has 2 rings (SSSR count). The lowest BCUT2D eigenvalue weighted by Crippen LogP contribution is -2.65. The number of carbonyl (C=O) groups excluding carboxylic acids is 1. The van der Waals surface area contributed by atoms with Crippen LogP contribution in [0.1, 0.15) is 71.3 Å². The molecule has 0 radical (unpaired) electrons. The lowest BCUT2D eigenvalue weighted by molar-refractivity contribution is -0.298. The summed E-state index contributed by atoms with van der Waals surface area (Å²) in [5.74, 6) is -5.58. The van der Waals surface area contributed by atoms with E-state index in [2.05, 4.69) is 0 Å². The first-order chi connectivity index (χ1) is 20.1. The number of rotatable bonds is 20. The molecule has 1 fully saturated rings. The monoisotopic (exact) mass is 603 g/mol. The van der Waals surface area contributed by atoms with E-state index >= 15 is 8.78 Å². The fourth-order valence-corrected chi connectivity index (χ4v) is 4.47. The number of nitrogens with one attached hydrogen (secondary N) is 1. The van der Waals surface area contributed by atoms with Gasteiger partial charge in [0.15, 0.2) is 0 Å². The first kappa shape index (κ1) is 35.8. The average Bonchev–Trinajstić information content (AvgIpc) is 2.96. The van der Waals surface area contributed by atoms with Crippen LogP contribution in [-0.4, -0.2) is 91.2 Å².